The molecular formula is C18H29NO3Si. The Morgan fingerprint density at radius 2 is 1.83 bits per heavy atom. The van der Waals surface area contributed by atoms with E-state index in [2.05, 4.69) is 11.9 Å². The fourth-order valence-corrected chi connectivity index (χ4v) is 4.93. The van der Waals surface area contributed by atoms with E-state index in [4.69, 9.17) is 13.3 Å². The number of nitrogens with one attached hydrogen (secondary N) is 1. The zero-order valence-corrected chi connectivity index (χ0v) is 15.5. The van der Waals surface area contributed by atoms with Crippen LogP contribution in [0.2, 0.25) is 6.04 Å². The van der Waals surface area contributed by atoms with Crippen LogP contribution in [0.5, 0.6) is 0 Å². The summed E-state index contributed by atoms with van der Waals surface area (Å²) < 4.78 is 18.1. The summed E-state index contributed by atoms with van der Waals surface area (Å²) in [6, 6.07) is 10.9. The van der Waals surface area contributed by atoms with Crippen LogP contribution >= 0.6 is 0 Å². The number of hydrogen-bond donors (Lipinski definition) is 1. The molecule has 1 aromatic carbocycles. The van der Waals surface area contributed by atoms with Crippen LogP contribution in [0.3, 0.4) is 0 Å². The molecule has 0 bridgehead atoms. The van der Waals surface area contributed by atoms with Crippen LogP contribution in [0.4, 0.5) is 0 Å². The minimum Gasteiger partial charge on any atom is -0.505 e. The maximum absolute atomic E-state index is 6.21. The molecule has 0 amide bonds. The van der Waals surface area contributed by atoms with Gasteiger partial charge in [-0.25, -0.2) is 0 Å². The lowest BCUT2D eigenvalue weighted by Gasteiger charge is -2.29. The van der Waals surface area contributed by atoms with Gasteiger partial charge in [-0.3, -0.25) is 0 Å². The van der Waals surface area contributed by atoms with Crippen molar-refractivity contribution in [3.63, 3.8) is 0 Å². The predicted molar refractivity (Wildman–Crippen MR) is 97.8 cm³/mol. The van der Waals surface area contributed by atoms with Crippen molar-refractivity contribution in [2.45, 2.75) is 33.2 Å². The van der Waals surface area contributed by atoms with Crippen LogP contribution in [0.1, 0.15) is 32.8 Å². The number of benzene rings is 1. The summed E-state index contributed by atoms with van der Waals surface area (Å²) in [6.07, 6.45) is 4.63. The van der Waals surface area contributed by atoms with Crippen LogP contribution < -0.4 is 5.32 Å². The average Bonchev–Trinajstić information content (AvgIpc) is 2.53. The van der Waals surface area contributed by atoms with E-state index >= 15 is 0 Å². The summed E-state index contributed by atoms with van der Waals surface area (Å²) in [7, 11) is -2.71. The summed E-state index contributed by atoms with van der Waals surface area (Å²) in [5.41, 5.74) is 1.11. The summed E-state index contributed by atoms with van der Waals surface area (Å²) in [4.78, 5) is 0. The minimum absolute atomic E-state index is 0.583. The zero-order chi connectivity index (χ0) is 17.0. The molecule has 0 saturated carbocycles. The molecule has 23 heavy (non-hydrogen) atoms. The Kier molecular flexibility index (Phi) is 9.36. The van der Waals surface area contributed by atoms with Crippen molar-refractivity contribution in [1.82, 2.24) is 5.32 Å². The van der Waals surface area contributed by atoms with Gasteiger partial charge in [0.2, 0.25) is 0 Å². The molecule has 5 heteroatoms. The lowest BCUT2D eigenvalue weighted by atomic mass is 10.2. The molecule has 0 spiro atoms. The van der Waals surface area contributed by atoms with Crippen molar-refractivity contribution in [3.8, 4) is 0 Å². The van der Waals surface area contributed by atoms with E-state index < -0.39 is 8.80 Å². The SMILES string of the molecule is C=CNCCC[Si](OCC)(OCC)OC(C)=Cc1ccccc1. The monoisotopic (exact) mass is 335 g/mol. The Morgan fingerprint density at radius 1 is 1.17 bits per heavy atom. The normalized spacial score (nSPS) is 12.0. The molecule has 1 N–H and O–H groups in total. The Morgan fingerprint density at radius 3 is 2.39 bits per heavy atom. The molecule has 0 atom stereocenters. The van der Waals surface area contributed by atoms with E-state index in [9.17, 15) is 0 Å². The summed E-state index contributed by atoms with van der Waals surface area (Å²) in [5.74, 6) is 0.821. The predicted octanol–water partition coefficient (Wildman–Crippen LogP) is 4.20. The molecular weight excluding hydrogens is 306 g/mol. The molecule has 0 fully saturated rings. The number of rotatable bonds is 12. The minimum atomic E-state index is -2.71. The van der Waals surface area contributed by atoms with Gasteiger partial charge >= 0.3 is 8.80 Å². The first-order chi connectivity index (χ1) is 11.2. The van der Waals surface area contributed by atoms with Gasteiger partial charge in [-0.2, -0.15) is 0 Å². The van der Waals surface area contributed by atoms with E-state index in [1.807, 2.05) is 57.2 Å². The molecule has 0 saturated heterocycles. The van der Waals surface area contributed by atoms with Crippen LogP contribution in [0.15, 0.2) is 48.9 Å². The van der Waals surface area contributed by atoms with Crippen LogP contribution in [0.25, 0.3) is 6.08 Å². The van der Waals surface area contributed by atoms with Crippen molar-refractivity contribution in [1.29, 1.82) is 0 Å². The quantitative estimate of drug-likeness (QED) is 0.353. The van der Waals surface area contributed by atoms with E-state index in [0.717, 1.165) is 30.3 Å². The van der Waals surface area contributed by atoms with Crippen LogP contribution in [-0.2, 0) is 13.3 Å². The number of allylic oxidation sites excluding steroid dienone is 1. The van der Waals surface area contributed by atoms with Gasteiger partial charge in [0.25, 0.3) is 0 Å². The van der Waals surface area contributed by atoms with Gasteiger partial charge in [0.05, 0.1) is 5.76 Å². The van der Waals surface area contributed by atoms with Gasteiger partial charge in [-0.15, -0.1) is 0 Å². The first kappa shape index (κ1) is 19.5. The van der Waals surface area contributed by atoms with Gasteiger partial charge < -0.3 is 18.6 Å². The van der Waals surface area contributed by atoms with Gasteiger partial charge in [0, 0.05) is 25.8 Å². The third kappa shape index (κ3) is 7.50. The Balaban J connectivity index is 2.80. The lowest BCUT2D eigenvalue weighted by molar-refractivity contribution is 0.0921. The molecule has 128 valence electrons. The Hall–Kier alpha value is -1.56. The highest BCUT2D eigenvalue weighted by atomic mass is 28.4. The van der Waals surface area contributed by atoms with Crippen LogP contribution in [-0.4, -0.2) is 28.6 Å². The second-order valence-corrected chi connectivity index (χ2v) is 7.73. The fraction of sp³-hybridized carbons (Fsp3) is 0.444. The van der Waals surface area contributed by atoms with Gasteiger partial charge in [0.15, 0.2) is 0 Å². The number of hydrogen-bond acceptors (Lipinski definition) is 4. The van der Waals surface area contributed by atoms with Gasteiger partial charge in [0.1, 0.15) is 0 Å². The standard InChI is InChI=1S/C18H29NO3Si/c1-5-19-14-11-15-23(20-6-2,21-7-3)22-17(4)16-18-12-9-8-10-13-18/h5,8-10,12-13,16,19H,1,6-7,11,14-15H2,2-4H3. The third-order valence-corrected chi connectivity index (χ3v) is 6.22. The average molecular weight is 336 g/mol. The zero-order valence-electron chi connectivity index (χ0n) is 14.5. The lowest BCUT2D eigenvalue weighted by Crippen LogP contribution is -2.45. The Bertz CT molecular complexity index is 470. The van der Waals surface area contributed by atoms with Crippen molar-refractivity contribution >= 4 is 14.9 Å². The topological polar surface area (TPSA) is 39.7 Å². The van der Waals surface area contributed by atoms with E-state index in [0.29, 0.717) is 13.2 Å². The van der Waals surface area contributed by atoms with Gasteiger partial charge in [-0.1, -0.05) is 36.9 Å². The molecule has 0 aromatic heterocycles. The highest BCUT2D eigenvalue weighted by Crippen LogP contribution is 2.22. The van der Waals surface area contributed by atoms with E-state index in [1.165, 1.54) is 0 Å². The molecule has 4 nitrogen and oxygen atoms in total. The maximum Gasteiger partial charge on any atom is 0.565 e. The molecule has 1 rings (SSSR count). The maximum atomic E-state index is 6.21. The second-order valence-electron chi connectivity index (χ2n) is 5.08. The molecule has 0 unspecified atom stereocenters. The first-order valence-corrected chi connectivity index (χ1v) is 10.1. The van der Waals surface area contributed by atoms with E-state index in [1.54, 1.807) is 6.20 Å². The van der Waals surface area contributed by atoms with Crippen molar-refractivity contribution in [3.05, 3.63) is 54.4 Å². The highest BCUT2D eigenvalue weighted by molar-refractivity contribution is 6.61. The molecule has 0 radical (unpaired) electrons. The van der Waals surface area contributed by atoms with Crippen molar-refractivity contribution in [2.75, 3.05) is 19.8 Å². The molecule has 0 aliphatic heterocycles. The third-order valence-electron chi connectivity index (χ3n) is 3.16. The second kappa shape index (κ2) is 11.0. The summed E-state index contributed by atoms with van der Waals surface area (Å²) in [5, 5.41) is 3.10. The Labute approximate surface area is 141 Å². The smallest absolute Gasteiger partial charge is 0.505 e. The van der Waals surface area contributed by atoms with E-state index in [-0.39, 0.29) is 0 Å². The molecule has 0 aliphatic carbocycles. The van der Waals surface area contributed by atoms with Crippen LogP contribution in [0, 0.1) is 0 Å². The fourth-order valence-electron chi connectivity index (χ4n) is 2.30. The highest BCUT2D eigenvalue weighted by Gasteiger charge is 2.42. The van der Waals surface area contributed by atoms with Gasteiger partial charge in [-0.05, 0) is 45.0 Å². The van der Waals surface area contributed by atoms with Crippen molar-refractivity contribution < 1.29 is 13.3 Å². The summed E-state index contributed by atoms with van der Waals surface area (Å²) in [6.45, 7) is 11.6. The summed E-state index contributed by atoms with van der Waals surface area (Å²) >= 11 is 0. The van der Waals surface area contributed by atoms with Crippen molar-refractivity contribution in [2.24, 2.45) is 0 Å². The first-order valence-electron chi connectivity index (χ1n) is 8.20. The largest absolute Gasteiger partial charge is 0.565 e. The molecule has 1 aromatic rings. The molecule has 0 aliphatic rings. The molecule has 0 heterocycles.